The summed E-state index contributed by atoms with van der Waals surface area (Å²) in [4.78, 5) is 35.0. The van der Waals surface area contributed by atoms with Gasteiger partial charge in [-0.05, 0) is 55.2 Å². The molecule has 0 bridgehead atoms. The molecule has 0 radical (unpaired) electrons. The van der Waals surface area contributed by atoms with E-state index >= 15 is 0 Å². The van der Waals surface area contributed by atoms with Gasteiger partial charge < -0.3 is 15.4 Å². The van der Waals surface area contributed by atoms with Crippen LogP contribution < -0.4 is 10.6 Å². The van der Waals surface area contributed by atoms with Crippen LogP contribution in [0.4, 0.5) is 5.69 Å². The highest BCUT2D eigenvalue weighted by molar-refractivity contribution is 5.88. The van der Waals surface area contributed by atoms with Crippen molar-refractivity contribution < 1.29 is 19.1 Å². The molecule has 28 heavy (non-hydrogen) atoms. The number of rotatable bonds is 7. The molecule has 0 heterocycles. The molecule has 0 fully saturated rings. The first kappa shape index (κ1) is 21.2. The van der Waals surface area contributed by atoms with E-state index in [1.54, 1.807) is 24.3 Å². The number of hydrogen-bond donors (Lipinski definition) is 2. The van der Waals surface area contributed by atoms with Crippen LogP contribution in [0.15, 0.2) is 42.5 Å². The zero-order valence-corrected chi connectivity index (χ0v) is 16.7. The van der Waals surface area contributed by atoms with E-state index in [4.69, 9.17) is 4.74 Å². The standard InChI is InChI=1S/C22H26N2O4/c1-14-5-8-19(11-15(14)2)16(3)23-21(26)13-28-22(27)12-18-6-9-20(10-7-18)24-17(4)25/h5-11,16H,12-13H2,1-4H3,(H,23,26)(H,24,25)/t16-/m1/s1. The maximum atomic E-state index is 12.1. The number of anilines is 1. The summed E-state index contributed by atoms with van der Waals surface area (Å²) in [6.45, 7) is 7.06. The SMILES string of the molecule is CC(=O)Nc1ccc(CC(=O)OCC(=O)N[C@H](C)c2ccc(C)c(C)c2)cc1. The third kappa shape index (κ3) is 6.54. The molecule has 0 aliphatic heterocycles. The highest BCUT2D eigenvalue weighted by Crippen LogP contribution is 2.16. The Kier molecular flexibility index (Phi) is 7.32. The summed E-state index contributed by atoms with van der Waals surface area (Å²) in [5, 5.41) is 5.49. The second-order valence-electron chi connectivity index (χ2n) is 6.85. The second-order valence-corrected chi connectivity index (χ2v) is 6.85. The van der Waals surface area contributed by atoms with Crippen LogP contribution >= 0.6 is 0 Å². The van der Waals surface area contributed by atoms with E-state index in [1.165, 1.54) is 12.5 Å². The average Bonchev–Trinajstić information content (AvgIpc) is 2.63. The van der Waals surface area contributed by atoms with Gasteiger partial charge in [0.25, 0.3) is 5.91 Å². The molecule has 0 saturated carbocycles. The molecule has 0 aliphatic carbocycles. The van der Waals surface area contributed by atoms with Crippen LogP contribution in [0, 0.1) is 13.8 Å². The van der Waals surface area contributed by atoms with Crippen molar-refractivity contribution in [2.45, 2.75) is 40.2 Å². The molecule has 0 aromatic heterocycles. The summed E-state index contributed by atoms with van der Waals surface area (Å²) >= 11 is 0. The number of nitrogens with one attached hydrogen (secondary N) is 2. The van der Waals surface area contributed by atoms with Crippen LogP contribution in [0.2, 0.25) is 0 Å². The molecule has 2 N–H and O–H groups in total. The van der Waals surface area contributed by atoms with Crippen molar-refractivity contribution in [2.24, 2.45) is 0 Å². The number of carbonyl (C=O) groups excluding carboxylic acids is 3. The Morgan fingerprint density at radius 2 is 1.68 bits per heavy atom. The summed E-state index contributed by atoms with van der Waals surface area (Å²) < 4.78 is 5.06. The number of ether oxygens (including phenoxy) is 1. The van der Waals surface area contributed by atoms with Gasteiger partial charge in [-0.1, -0.05) is 30.3 Å². The van der Waals surface area contributed by atoms with E-state index in [0.717, 1.165) is 16.7 Å². The molecule has 0 spiro atoms. The lowest BCUT2D eigenvalue weighted by Crippen LogP contribution is -2.31. The van der Waals surface area contributed by atoms with E-state index in [0.29, 0.717) is 5.69 Å². The van der Waals surface area contributed by atoms with Gasteiger partial charge in [0.15, 0.2) is 6.61 Å². The summed E-state index contributed by atoms with van der Waals surface area (Å²) in [7, 11) is 0. The van der Waals surface area contributed by atoms with E-state index < -0.39 is 5.97 Å². The lowest BCUT2D eigenvalue weighted by Gasteiger charge is -2.15. The molecule has 148 valence electrons. The molecule has 2 rings (SSSR count). The van der Waals surface area contributed by atoms with E-state index in [9.17, 15) is 14.4 Å². The molecule has 1 atom stereocenters. The molecule has 6 nitrogen and oxygen atoms in total. The van der Waals surface area contributed by atoms with Crippen molar-refractivity contribution in [3.05, 3.63) is 64.7 Å². The zero-order chi connectivity index (χ0) is 20.7. The van der Waals surface area contributed by atoms with Crippen molar-refractivity contribution in [3.63, 3.8) is 0 Å². The van der Waals surface area contributed by atoms with Crippen molar-refractivity contribution in [2.75, 3.05) is 11.9 Å². The predicted molar refractivity (Wildman–Crippen MR) is 108 cm³/mol. The summed E-state index contributed by atoms with van der Waals surface area (Å²) in [6.07, 6.45) is 0.0559. The molecular weight excluding hydrogens is 356 g/mol. The number of hydrogen-bond acceptors (Lipinski definition) is 4. The Balaban J connectivity index is 1.79. The number of amides is 2. The van der Waals surface area contributed by atoms with Crippen molar-refractivity contribution in [1.29, 1.82) is 0 Å². The van der Waals surface area contributed by atoms with Gasteiger partial charge in [0.05, 0.1) is 12.5 Å². The first-order chi connectivity index (χ1) is 13.2. The Bertz CT molecular complexity index is 859. The van der Waals surface area contributed by atoms with Gasteiger partial charge in [-0.25, -0.2) is 0 Å². The van der Waals surface area contributed by atoms with E-state index in [1.807, 2.05) is 39.0 Å². The van der Waals surface area contributed by atoms with Gasteiger partial charge in [-0.15, -0.1) is 0 Å². The van der Waals surface area contributed by atoms with Crippen LogP contribution in [0.25, 0.3) is 0 Å². The molecule has 2 amide bonds. The summed E-state index contributed by atoms with van der Waals surface area (Å²) in [6, 6.07) is 12.7. The Morgan fingerprint density at radius 3 is 2.29 bits per heavy atom. The van der Waals surface area contributed by atoms with Gasteiger partial charge in [-0.2, -0.15) is 0 Å². The maximum Gasteiger partial charge on any atom is 0.310 e. The third-order valence-electron chi connectivity index (χ3n) is 4.40. The molecule has 0 saturated heterocycles. The Morgan fingerprint density at radius 1 is 1.00 bits per heavy atom. The smallest absolute Gasteiger partial charge is 0.310 e. The van der Waals surface area contributed by atoms with Crippen molar-refractivity contribution in [1.82, 2.24) is 5.32 Å². The van der Waals surface area contributed by atoms with Gasteiger partial charge in [0.1, 0.15) is 0 Å². The average molecular weight is 382 g/mol. The number of benzene rings is 2. The van der Waals surface area contributed by atoms with Crippen LogP contribution in [0.1, 0.15) is 42.1 Å². The van der Waals surface area contributed by atoms with E-state index in [-0.39, 0.29) is 30.9 Å². The molecule has 2 aromatic rings. The van der Waals surface area contributed by atoms with Gasteiger partial charge >= 0.3 is 5.97 Å². The Hall–Kier alpha value is -3.15. The minimum absolute atomic E-state index is 0.0559. The van der Waals surface area contributed by atoms with Crippen LogP contribution in [-0.2, 0) is 25.5 Å². The highest BCUT2D eigenvalue weighted by atomic mass is 16.5. The Labute approximate surface area is 165 Å². The third-order valence-corrected chi connectivity index (χ3v) is 4.40. The molecule has 2 aromatic carbocycles. The normalized spacial score (nSPS) is 11.4. The number of aryl methyl sites for hydroxylation is 2. The highest BCUT2D eigenvalue weighted by Gasteiger charge is 2.13. The van der Waals surface area contributed by atoms with Crippen LogP contribution in [-0.4, -0.2) is 24.4 Å². The lowest BCUT2D eigenvalue weighted by atomic mass is 10.0. The largest absolute Gasteiger partial charge is 0.455 e. The summed E-state index contributed by atoms with van der Waals surface area (Å²) in [5.41, 5.74) is 4.75. The fourth-order valence-corrected chi connectivity index (χ4v) is 2.67. The maximum absolute atomic E-state index is 12.1. The molecule has 6 heteroatoms. The van der Waals surface area contributed by atoms with Gasteiger partial charge in [0, 0.05) is 12.6 Å². The topological polar surface area (TPSA) is 84.5 Å². The first-order valence-corrected chi connectivity index (χ1v) is 9.13. The number of esters is 1. The molecule has 0 unspecified atom stereocenters. The quantitative estimate of drug-likeness (QED) is 0.720. The number of carbonyl (C=O) groups is 3. The monoisotopic (exact) mass is 382 g/mol. The second kappa shape index (κ2) is 9.69. The minimum atomic E-state index is -0.485. The van der Waals surface area contributed by atoms with Crippen molar-refractivity contribution >= 4 is 23.5 Å². The predicted octanol–water partition coefficient (Wildman–Crippen LogP) is 3.22. The molecule has 0 aliphatic rings. The van der Waals surface area contributed by atoms with E-state index in [2.05, 4.69) is 10.6 Å². The minimum Gasteiger partial charge on any atom is -0.455 e. The zero-order valence-electron chi connectivity index (χ0n) is 16.7. The van der Waals surface area contributed by atoms with Crippen molar-refractivity contribution in [3.8, 4) is 0 Å². The van der Waals surface area contributed by atoms with Gasteiger partial charge in [0.2, 0.25) is 5.91 Å². The first-order valence-electron chi connectivity index (χ1n) is 9.13. The summed E-state index contributed by atoms with van der Waals surface area (Å²) in [5.74, 6) is -0.991. The van der Waals surface area contributed by atoms with Crippen LogP contribution in [0.5, 0.6) is 0 Å². The van der Waals surface area contributed by atoms with Gasteiger partial charge in [-0.3, -0.25) is 14.4 Å². The fraction of sp³-hybridized carbons (Fsp3) is 0.318. The molecular formula is C22H26N2O4. The fourth-order valence-electron chi connectivity index (χ4n) is 2.67. The lowest BCUT2D eigenvalue weighted by molar-refractivity contribution is -0.148. The van der Waals surface area contributed by atoms with Crippen LogP contribution in [0.3, 0.4) is 0 Å².